The Balaban J connectivity index is 2.35. The summed E-state index contributed by atoms with van der Waals surface area (Å²) >= 11 is 5.11. The Morgan fingerprint density at radius 1 is 1.57 bits per heavy atom. The second kappa shape index (κ2) is 3.19. The second-order valence-corrected chi connectivity index (χ2v) is 5.25. The van der Waals surface area contributed by atoms with E-state index < -0.39 is 0 Å². The molecule has 1 saturated carbocycles. The largest absolute Gasteiger partial charge is 0.283 e. The van der Waals surface area contributed by atoms with Gasteiger partial charge in [-0.05, 0) is 30.5 Å². The van der Waals surface area contributed by atoms with Crippen LogP contribution in [0.5, 0.6) is 0 Å². The molecule has 0 spiro atoms. The molecule has 0 aromatic carbocycles. The van der Waals surface area contributed by atoms with Crippen LogP contribution in [0.4, 0.5) is 0 Å². The van der Waals surface area contributed by atoms with E-state index >= 15 is 0 Å². The number of aryl methyl sites for hydroxylation is 1. The minimum absolute atomic E-state index is 0.368. The summed E-state index contributed by atoms with van der Waals surface area (Å²) in [6.07, 6.45) is 3.82. The summed E-state index contributed by atoms with van der Waals surface area (Å²) in [5.74, 6) is 1.62. The van der Waals surface area contributed by atoms with Gasteiger partial charge in [0.1, 0.15) is 5.82 Å². The highest BCUT2D eigenvalue weighted by Crippen LogP contribution is 2.47. The first-order chi connectivity index (χ1) is 6.50. The zero-order valence-electron chi connectivity index (χ0n) is 9.00. The van der Waals surface area contributed by atoms with E-state index in [2.05, 4.69) is 23.9 Å². The lowest BCUT2D eigenvalue weighted by atomic mass is 9.81. The fourth-order valence-electron chi connectivity index (χ4n) is 2.41. The monoisotopic (exact) mass is 211 g/mol. The van der Waals surface area contributed by atoms with Crippen molar-refractivity contribution in [1.82, 2.24) is 14.8 Å². The predicted octanol–water partition coefficient (Wildman–Crippen LogP) is 2.77. The van der Waals surface area contributed by atoms with Crippen LogP contribution in [-0.4, -0.2) is 14.8 Å². The molecule has 1 heterocycles. The smallest absolute Gasteiger partial charge is 0.215 e. The maximum Gasteiger partial charge on any atom is 0.215 e. The molecule has 78 valence electrons. The number of hydrogen-bond acceptors (Lipinski definition) is 2. The topological polar surface area (TPSA) is 33.6 Å². The fraction of sp³-hybridized carbons (Fsp3) is 0.800. The van der Waals surface area contributed by atoms with Crippen molar-refractivity contribution in [1.29, 1.82) is 0 Å². The molecule has 1 unspecified atom stereocenters. The molecule has 0 radical (unpaired) electrons. The minimum atomic E-state index is 0.368. The van der Waals surface area contributed by atoms with Crippen LogP contribution in [0.3, 0.4) is 0 Å². The Morgan fingerprint density at radius 2 is 2.29 bits per heavy atom. The van der Waals surface area contributed by atoms with Gasteiger partial charge in [-0.2, -0.15) is 0 Å². The molecule has 2 rings (SSSR count). The Morgan fingerprint density at radius 3 is 2.71 bits per heavy atom. The molecule has 4 heteroatoms. The number of nitrogens with one attached hydrogen (secondary N) is 1. The van der Waals surface area contributed by atoms with Crippen LogP contribution in [0.1, 0.15) is 44.9 Å². The van der Waals surface area contributed by atoms with Gasteiger partial charge in [0, 0.05) is 13.0 Å². The molecule has 1 aromatic heterocycles. The highest BCUT2D eigenvalue weighted by atomic mass is 32.1. The lowest BCUT2D eigenvalue weighted by Gasteiger charge is -2.24. The van der Waals surface area contributed by atoms with Gasteiger partial charge in [0.25, 0.3) is 0 Å². The number of aromatic nitrogens is 3. The molecule has 0 aliphatic heterocycles. The quantitative estimate of drug-likeness (QED) is 0.725. The third-order valence-corrected chi connectivity index (χ3v) is 3.74. The van der Waals surface area contributed by atoms with Crippen molar-refractivity contribution in [3.8, 4) is 0 Å². The molecular weight excluding hydrogens is 194 g/mol. The third kappa shape index (κ3) is 1.52. The highest BCUT2D eigenvalue weighted by Gasteiger charge is 2.37. The number of H-pyrrole nitrogens is 1. The summed E-state index contributed by atoms with van der Waals surface area (Å²) in [5, 5.41) is 3.24. The average Bonchev–Trinajstić information content (AvgIpc) is 2.56. The Hall–Kier alpha value is -0.640. The molecule has 1 atom stereocenters. The van der Waals surface area contributed by atoms with Crippen LogP contribution in [-0.2, 0) is 7.05 Å². The highest BCUT2D eigenvalue weighted by molar-refractivity contribution is 7.71. The number of nitrogens with zero attached hydrogens (tertiary/aromatic N) is 2. The van der Waals surface area contributed by atoms with Gasteiger partial charge >= 0.3 is 0 Å². The molecule has 1 aromatic rings. The van der Waals surface area contributed by atoms with Crippen molar-refractivity contribution in [3.63, 3.8) is 0 Å². The van der Waals surface area contributed by atoms with Crippen LogP contribution in [0.25, 0.3) is 0 Å². The maximum atomic E-state index is 5.11. The minimum Gasteiger partial charge on any atom is -0.283 e. The molecule has 0 amide bonds. The molecule has 0 saturated heterocycles. The molecule has 1 aliphatic carbocycles. The molecular formula is C10H17N3S. The van der Waals surface area contributed by atoms with E-state index in [0.717, 1.165) is 5.82 Å². The van der Waals surface area contributed by atoms with E-state index in [1.165, 1.54) is 19.3 Å². The summed E-state index contributed by atoms with van der Waals surface area (Å²) in [6.45, 7) is 4.63. The summed E-state index contributed by atoms with van der Waals surface area (Å²) < 4.78 is 2.47. The first kappa shape index (κ1) is 9.90. The zero-order chi connectivity index (χ0) is 10.3. The van der Waals surface area contributed by atoms with E-state index in [1.54, 1.807) is 0 Å². The Bertz CT molecular complexity index is 388. The molecule has 1 fully saturated rings. The SMILES string of the molecule is Cn1[nH]c(C2CCCC2(C)C)nc1=S. The van der Waals surface area contributed by atoms with Gasteiger partial charge in [-0.1, -0.05) is 20.3 Å². The van der Waals surface area contributed by atoms with Crippen LogP contribution < -0.4 is 0 Å². The van der Waals surface area contributed by atoms with E-state index in [9.17, 15) is 0 Å². The maximum absolute atomic E-state index is 5.11. The summed E-state index contributed by atoms with van der Waals surface area (Å²) in [4.78, 5) is 4.41. The van der Waals surface area contributed by atoms with Crippen molar-refractivity contribution >= 4 is 12.2 Å². The number of aromatic amines is 1. The van der Waals surface area contributed by atoms with Gasteiger partial charge in [-0.15, -0.1) is 0 Å². The van der Waals surface area contributed by atoms with Gasteiger partial charge in [-0.25, -0.2) is 4.98 Å². The summed E-state index contributed by atoms with van der Waals surface area (Å²) in [6, 6.07) is 0. The number of rotatable bonds is 1. The van der Waals surface area contributed by atoms with Gasteiger partial charge in [-0.3, -0.25) is 9.78 Å². The molecule has 3 nitrogen and oxygen atoms in total. The molecule has 14 heavy (non-hydrogen) atoms. The average molecular weight is 211 g/mol. The van der Waals surface area contributed by atoms with E-state index in [-0.39, 0.29) is 0 Å². The summed E-state index contributed by atoms with van der Waals surface area (Å²) in [7, 11) is 1.92. The first-order valence-corrected chi connectivity index (χ1v) is 5.54. The number of hydrogen-bond donors (Lipinski definition) is 1. The Kier molecular flexibility index (Phi) is 2.26. The predicted molar refractivity (Wildman–Crippen MR) is 58.8 cm³/mol. The van der Waals surface area contributed by atoms with Gasteiger partial charge in [0.05, 0.1) is 0 Å². The second-order valence-electron chi connectivity index (χ2n) is 4.88. The van der Waals surface area contributed by atoms with Crippen molar-refractivity contribution in [2.45, 2.75) is 39.0 Å². The van der Waals surface area contributed by atoms with Crippen LogP contribution in [0, 0.1) is 10.2 Å². The molecule has 1 N–H and O–H groups in total. The van der Waals surface area contributed by atoms with Crippen molar-refractivity contribution in [2.24, 2.45) is 12.5 Å². The van der Waals surface area contributed by atoms with Gasteiger partial charge in [0.2, 0.25) is 4.77 Å². The third-order valence-electron chi connectivity index (χ3n) is 3.37. The van der Waals surface area contributed by atoms with Crippen LogP contribution in [0.2, 0.25) is 0 Å². The van der Waals surface area contributed by atoms with Crippen molar-refractivity contribution < 1.29 is 0 Å². The fourth-order valence-corrected chi connectivity index (χ4v) is 2.56. The summed E-state index contributed by atoms with van der Waals surface area (Å²) in [5.41, 5.74) is 0.368. The molecule has 0 bridgehead atoms. The van der Waals surface area contributed by atoms with Crippen molar-refractivity contribution in [3.05, 3.63) is 10.6 Å². The zero-order valence-corrected chi connectivity index (χ0v) is 9.82. The Labute approximate surface area is 89.5 Å². The van der Waals surface area contributed by atoms with Gasteiger partial charge < -0.3 is 0 Å². The lowest BCUT2D eigenvalue weighted by molar-refractivity contribution is 0.321. The molecule has 1 aliphatic rings. The van der Waals surface area contributed by atoms with E-state index in [1.807, 2.05) is 11.7 Å². The van der Waals surface area contributed by atoms with E-state index in [0.29, 0.717) is 16.1 Å². The van der Waals surface area contributed by atoms with Crippen LogP contribution >= 0.6 is 12.2 Å². The normalized spacial score (nSPS) is 25.5. The van der Waals surface area contributed by atoms with Gasteiger partial charge in [0.15, 0.2) is 0 Å². The first-order valence-electron chi connectivity index (χ1n) is 5.13. The van der Waals surface area contributed by atoms with E-state index in [4.69, 9.17) is 12.2 Å². The lowest BCUT2D eigenvalue weighted by Crippen LogP contribution is -2.16. The standard InChI is InChI=1S/C10H17N3S/c1-10(2)6-4-5-7(10)8-11-9(14)13(3)12-8/h7H,4-6H2,1-3H3,(H,11,12,14). The van der Waals surface area contributed by atoms with Crippen LogP contribution in [0.15, 0.2) is 0 Å². The van der Waals surface area contributed by atoms with Crippen molar-refractivity contribution in [2.75, 3.05) is 0 Å².